The van der Waals surface area contributed by atoms with E-state index in [1.165, 1.54) is 19.3 Å². The molecule has 1 aromatic heterocycles. The molecule has 0 saturated carbocycles. The van der Waals surface area contributed by atoms with Gasteiger partial charge in [-0.2, -0.15) is 4.98 Å². The highest BCUT2D eigenvalue weighted by molar-refractivity contribution is 4.90. The molecule has 1 atom stereocenters. The maximum Gasteiger partial charge on any atom is 0.226 e. The van der Waals surface area contributed by atoms with Crippen molar-refractivity contribution in [3.05, 3.63) is 11.7 Å². The summed E-state index contributed by atoms with van der Waals surface area (Å²) in [4.78, 5) is 6.98. The molecule has 0 amide bonds. The summed E-state index contributed by atoms with van der Waals surface area (Å²) in [6.07, 6.45) is 4.73. The Morgan fingerprint density at radius 3 is 3.00 bits per heavy atom. The molecule has 1 aliphatic rings. The van der Waals surface area contributed by atoms with Crippen LogP contribution in [0.2, 0.25) is 0 Å². The zero-order chi connectivity index (χ0) is 13.7. The molecule has 0 spiro atoms. The third kappa shape index (κ3) is 4.28. The lowest BCUT2D eigenvalue weighted by atomic mass is 10.0. The molecule has 19 heavy (non-hydrogen) atoms. The van der Waals surface area contributed by atoms with Gasteiger partial charge in [-0.25, -0.2) is 0 Å². The van der Waals surface area contributed by atoms with Crippen molar-refractivity contribution < 1.29 is 4.52 Å². The number of nitrogens with one attached hydrogen (secondary N) is 1. The molecule has 2 heterocycles. The topological polar surface area (TPSA) is 54.2 Å². The molecular formula is C14H26N4O. The van der Waals surface area contributed by atoms with Crippen LogP contribution in [0.15, 0.2) is 4.52 Å². The first-order chi connectivity index (χ1) is 9.19. The molecule has 0 aromatic carbocycles. The van der Waals surface area contributed by atoms with Gasteiger partial charge in [-0.05, 0) is 32.4 Å². The first-order valence-corrected chi connectivity index (χ1v) is 7.39. The molecule has 1 unspecified atom stereocenters. The van der Waals surface area contributed by atoms with Gasteiger partial charge in [0.2, 0.25) is 5.89 Å². The summed E-state index contributed by atoms with van der Waals surface area (Å²) in [5.41, 5.74) is 0. The fraction of sp³-hybridized carbons (Fsp3) is 0.857. The molecule has 1 fully saturated rings. The average molecular weight is 266 g/mol. The second kappa shape index (κ2) is 7.01. The number of likely N-dealkylation sites (tertiary alicyclic amines) is 1. The second-order valence-corrected chi connectivity index (χ2v) is 5.88. The van der Waals surface area contributed by atoms with Crippen LogP contribution < -0.4 is 5.32 Å². The van der Waals surface area contributed by atoms with E-state index in [9.17, 15) is 0 Å². The van der Waals surface area contributed by atoms with Crippen LogP contribution in [-0.4, -0.2) is 41.2 Å². The van der Waals surface area contributed by atoms with Crippen LogP contribution >= 0.6 is 0 Å². The monoisotopic (exact) mass is 266 g/mol. The Morgan fingerprint density at radius 1 is 1.42 bits per heavy atom. The summed E-state index contributed by atoms with van der Waals surface area (Å²) < 4.78 is 5.31. The Hall–Kier alpha value is -0.940. The van der Waals surface area contributed by atoms with Crippen LogP contribution in [0.4, 0.5) is 0 Å². The van der Waals surface area contributed by atoms with Crippen LogP contribution in [0.3, 0.4) is 0 Å². The molecule has 2 rings (SSSR count). The minimum atomic E-state index is 0.556. The molecule has 5 heteroatoms. The van der Waals surface area contributed by atoms with Gasteiger partial charge >= 0.3 is 0 Å². The van der Waals surface area contributed by atoms with E-state index in [2.05, 4.69) is 34.2 Å². The van der Waals surface area contributed by atoms with E-state index < -0.39 is 0 Å². The van der Waals surface area contributed by atoms with Crippen molar-refractivity contribution in [3.8, 4) is 0 Å². The van der Waals surface area contributed by atoms with Crippen LogP contribution in [0.5, 0.6) is 0 Å². The lowest BCUT2D eigenvalue weighted by Gasteiger charge is -2.34. The summed E-state index contributed by atoms with van der Waals surface area (Å²) in [5, 5.41) is 7.39. The summed E-state index contributed by atoms with van der Waals surface area (Å²) in [6.45, 7) is 7.32. The van der Waals surface area contributed by atoms with Crippen molar-refractivity contribution in [2.24, 2.45) is 5.92 Å². The molecule has 1 N–H and O–H groups in total. The number of likely N-dealkylation sites (N-methyl/N-ethyl adjacent to an activating group) is 1. The molecule has 0 radical (unpaired) electrons. The smallest absolute Gasteiger partial charge is 0.226 e. The number of hydrogen-bond acceptors (Lipinski definition) is 5. The van der Waals surface area contributed by atoms with Crippen molar-refractivity contribution in [2.45, 2.75) is 52.1 Å². The predicted octanol–water partition coefficient (Wildman–Crippen LogP) is 1.84. The summed E-state index contributed by atoms with van der Waals surface area (Å²) in [5.74, 6) is 2.16. The van der Waals surface area contributed by atoms with Crippen molar-refractivity contribution in [1.82, 2.24) is 20.4 Å². The van der Waals surface area contributed by atoms with E-state index >= 15 is 0 Å². The maximum absolute atomic E-state index is 5.31. The number of aromatic nitrogens is 2. The quantitative estimate of drug-likeness (QED) is 0.851. The fourth-order valence-electron chi connectivity index (χ4n) is 2.70. The molecule has 1 saturated heterocycles. The van der Waals surface area contributed by atoms with Crippen LogP contribution in [0.25, 0.3) is 0 Å². The number of rotatable bonds is 6. The van der Waals surface area contributed by atoms with E-state index in [0.29, 0.717) is 12.0 Å². The molecular weight excluding hydrogens is 240 g/mol. The maximum atomic E-state index is 5.31. The van der Waals surface area contributed by atoms with Crippen LogP contribution in [0.1, 0.15) is 44.8 Å². The van der Waals surface area contributed by atoms with Gasteiger partial charge in [0.05, 0.1) is 6.54 Å². The van der Waals surface area contributed by atoms with Crippen molar-refractivity contribution in [2.75, 3.05) is 20.1 Å². The Bertz CT molecular complexity index is 375. The zero-order valence-electron chi connectivity index (χ0n) is 12.4. The minimum absolute atomic E-state index is 0.556. The van der Waals surface area contributed by atoms with Crippen molar-refractivity contribution in [1.29, 1.82) is 0 Å². The first kappa shape index (κ1) is 14.5. The molecule has 0 bridgehead atoms. The highest BCUT2D eigenvalue weighted by Gasteiger charge is 2.23. The van der Waals surface area contributed by atoms with Crippen LogP contribution in [0, 0.1) is 5.92 Å². The van der Waals surface area contributed by atoms with Gasteiger partial charge in [0.1, 0.15) is 0 Å². The molecule has 0 aliphatic carbocycles. The Balaban J connectivity index is 1.92. The Kier molecular flexibility index (Phi) is 5.34. The van der Waals surface area contributed by atoms with Gasteiger partial charge in [0.25, 0.3) is 0 Å². The summed E-state index contributed by atoms with van der Waals surface area (Å²) in [6, 6.07) is 0.603. The second-order valence-electron chi connectivity index (χ2n) is 5.88. The van der Waals surface area contributed by atoms with Gasteiger partial charge in [-0.3, -0.25) is 4.90 Å². The normalized spacial score (nSPS) is 21.2. The van der Waals surface area contributed by atoms with Crippen LogP contribution in [-0.2, 0) is 13.0 Å². The SMILES string of the molecule is CNCC1CCCCN1Cc1noc(CC(C)C)n1. The van der Waals surface area contributed by atoms with Gasteiger partial charge < -0.3 is 9.84 Å². The van der Waals surface area contributed by atoms with E-state index in [0.717, 1.165) is 37.8 Å². The highest BCUT2D eigenvalue weighted by atomic mass is 16.5. The lowest BCUT2D eigenvalue weighted by Crippen LogP contribution is -2.44. The van der Waals surface area contributed by atoms with Gasteiger partial charge in [-0.1, -0.05) is 25.4 Å². The van der Waals surface area contributed by atoms with E-state index in [4.69, 9.17) is 4.52 Å². The Labute approximate surface area is 115 Å². The molecule has 108 valence electrons. The largest absolute Gasteiger partial charge is 0.339 e. The fourth-order valence-corrected chi connectivity index (χ4v) is 2.70. The van der Waals surface area contributed by atoms with Crippen molar-refractivity contribution in [3.63, 3.8) is 0 Å². The summed E-state index contributed by atoms with van der Waals surface area (Å²) in [7, 11) is 2.02. The lowest BCUT2D eigenvalue weighted by molar-refractivity contribution is 0.134. The third-order valence-corrected chi connectivity index (χ3v) is 3.63. The molecule has 5 nitrogen and oxygen atoms in total. The van der Waals surface area contributed by atoms with Gasteiger partial charge in [-0.15, -0.1) is 0 Å². The Morgan fingerprint density at radius 2 is 2.26 bits per heavy atom. The molecule has 1 aromatic rings. The highest BCUT2D eigenvalue weighted by Crippen LogP contribution is 2.18. The van der Waals surface area contributed by atoms with E-state index in [1.54, 1.807) is 0 Å². The number of hydrogen-bond donors (Lipinski definition) is 1. The van der Waals surface area contributed by atoms with E-state index in [1.807, 2.05) is 7.05 Å². The first-order valence-electron chi connectivity index (χ1n) is 7.39. The van der Waals surface area contributed by atoms with E-state index in [-0.39, 0.29) is 0 Å². The third-order valence-electron chi connectivity index (χ3n) is 3.63. The number of nitrogens with zero attached hydrogens (tertiary/aromatic N) is 3. The number of piperidine rings is 1. The zero-order valence-corrected chi connectivity index (χ0v) is 12.4. The molecule has 1 aliphatic heterocycles. The standard InChI is InChI=1S/C14H26N4O/c1-11(2)8-14-16-13(17-19-14)10-18-7-5-4-6-12(18)9-15-3/h11-12,15H,4-10H2,1-3H3. The predicted molar refractivity (Wildman–Crippen MR) is 74.8 cm³/mol. The van der Waals surface area contributed by atoms with Crippen molar-refractivity contribution >= 4 is 0 Å². The minimum Gasteiger partial charge on any atom is -0.339 e. The summed E-state index contributed by atoms with van der Waals surface area (Å²) >= 11 is 0. The van der Waals surface area contributed by atoms with Gasteiger partial charge in [0.15, 0.2) is 5.82 Å². The van der Waals surface area contributed by atoms with Gasteiger partial charge in [0, 0.05) is 19.0 Å². The average Bonchev–Trinajstić information content (AvgIpc) is 2.78.